The lowest BCUT2D eigenvalue weighted by molar-refractivity contribution is 0.103. The van der Waals surface area contributed by atoms with Crippen molar-refractivity contribution in [2.24, 2.45) is 0 Å². The molecule has 0 radical (unpaired) electrons. The van der Waals surface area contributed by atoms with Crippen LogP contribution in [-0.2, 0) is 0 Å². The molecule has 3 nitrogen and oxygen atoms in total. The van der Waals surface area contributed by atoms with Crippen molar-refractivity contribution < 1.29 is 4.79 Å². The van der Waals surface area contributed by atoms with E-state index in [1.165, 1.54) is 16.9 Å². The fourth-order valence-corrected chi connectivity index (χ4v) is 2.27. The topological polar surface area (TPSA) is 55.1 Å². The van der Waals surface area contributed by atoms with E-state index < -0.39 is 0 Å². The van der Waals surface area contributed by atoms with E-state index in [4.69, 9.17) is 5.73 Å². The van der Waals surface area contributed by atoms with Gasteiger partial charge in [-0.25, -0.2) is 0 Å². The molecule has 1 heterocycles. The average Bonchev–Trinajstić information content (AvgIpc) is 2.63. The number of benzene rings is 1. The van der Waals surface area contributed by atoms with Gasteiger partial charge in [-0.05, 0) is 32.0 Å². The summed E-state index contributed by atoms with van der Waals surface area (Å²) < 4.78 is 0. The number of hydrogen-bond donors (Lipinski definition) is 2. The monoisotopic (exact) mass is 246 g/mol. The third kappa shape index (κ3) is 2.65. The van der Waals surface area contributed by atoms with E-state index in [1.54, 1.807) is 6.07 Å². The van der Waals surface area contributed by atoms with Crippen LogP contribution in [0.25, 0.3) is 0 Å². The summed E-state index contributed by atoms with van der Waals surface area (Å²) in [4.78, 5) is 13.5. The number of carbonyl (C=O) groups excluding carboxylic acids is 1. The lowest BCUT2D eigenvalue weighted by Crippen LogP contribution is -2.09. The van der Waals surface area contributed by atoms with Crippen molar-refractivity contribution in [3.8, 4) is 0 Å². The Morgan fingerprint density at radius 3 is 2.41 bits per heavy atom. The summed E-state index contributed by atoms with van der Waals surface area (Å²) in [5, 5.41) is 2.84. The quantitative estimate of drug-likeness (QED) is 0.855. The van der Waals surface area contributed by atoms with E-state index in [-0.39, 0.29) is 5.91 Å². The van der Waals surface area contributed by atoms with Crippen LogP contribution in [0.2, 0.25) is 0 Å². The number of nitrogens with one attached hydrogen (secondary N) is 1. The molecule has 0 spiro atoms. The van der Waals surface area contributed by atoms with Crippen molar-refractivity contribution >= 4 is 28.6 Å². The molecular formula is C13H14N2OS. The SMILES string of the molecule is Cc1ccc(NC(=O)c2cc(N)c(C)s2)cc1. The Hall–Kier alpha value is -1.81. The zero-order valence-corrected chi connectivity index (χ0v) is 10.6. The minimum atomic E-state index is -0.112. The molecule has 0 aliphatic rings. The number of nitrogens with two attached hydrogens (primary N) is 1. The summed E-state index contributed by atoms with van der Waals surface area (Å²) in [6, 6.07) is 9.41. The summed E-state index contributed by atoms with van der Waals surface area (Å²) >= 11 is 1.41. The molecule has 0 saturated heterocycles. The fraction of sp³-hybridized carbons (Fsp3) is 0.154. The molecule has 0 bridgehead atoms. The number of nitrogen functional groups attached to an aromatic ring is 1. The van der Waals surface area contributed by atoms with Crippen LogP contribution >= 0.6 is 11.3 Å². The highest BCUT2D eigenvalue weighted by atomic mass is 32.1. The van der Waals surface area contributed by atoms with Crippen molar-refractivity contribution in [1.82, 2.24) is 0 Å². The van der Waals surface area contributed by atoms with Gasteiger partial charge < -0.3 is 11.1 Å². The average molecular weight is 246 g/mol. The van der Waals surface area contributed by atoms with Crippen LogP contribution in [0.1, 0.15) is 20.1 Å². The lowest BCUT2D eigenvalue weighted by Gasteiger charge is -2.03. The van der Waals surface area contributed by atoms with Gasteiger partial charge >= 0.3 is 0 Å². The molecule has 88 valence electrons. The zero-order valence-electron chi connectivity index (χ0n) is 9.78. The van der Waals surface area contributed by atoms with E-state index in [1.807, 2.05) is 38.1 Å². The summed E-state index contributed by atoms with van der Waals surface area (Å²) in [7, 11) is 0. The van der Waals surface area contributed by atoms with E-state index >= 15 is 0 Å². The van der Waals surface area contributed by atoms with E-state index in [0.29, 0.717) is 10.6 Å². The summed E-state index contributed by atoms with van der Waals surface area (Å²) in [6.45, 7) is 3.91. The van der Waals surface area contributed by atoms with Crippen LogP contribution < -0.4 is 11.1 Å². The molecule has 0 unspecified atom stereocenters. The highest BCUT2D eigenvalue weighted by molar-refractivity contribution is 7.14. The normalized spacial score (nSPS) is 10.2. The molecule has 1 aromatic heterocycles. The summed E-state index contributed by atoms with van der Waals surface area (Å²) in [6.07, 6.45) is 0. The van der Waals surface area contributed by atoms with Gasteiger partial charge in [-0.3, -0.25) is 4.79 Å². The van der Waals surface area contributed by atoms with Gasteiger partial charge in [-0.1, -0.05) is 17.7 Å². The molecule has 2 rings (SSSR count). The molecule has 0 fully saturated rings. The fourth-order valence-electron chi connectivity index (χ4n) is 1.44. The zero-order chi connectivity index (χ0) is 12.4. The van der Waals surface area contributed by atoms with Crippen LogP contribution in [0.15, 0.2) is 30.3 Å². The second kappa shape index (κ2) is 4.59. The van der Waals surface area contributed by atoms with Crippen LogP contribution in [0.3, 0.4) is 0 Å². The Kier molecular flexibility index (Phi) is 3.15. The lowest BCUT2D eigenvalue weighted by atomic mass is 10.2. The number of hydrogen-bond acceptors (Lipinski definition) is 3. The van der Waals surface area contributed by atoms with Crippen LogP contribution in [0, 0.1) is 13.8 Å². The number of amides is 1. The van der Waals surface area contributed by atoms with E-state index in [9.17, 15) is 4.79 Å². The first-order valence-electron chi connectivity index (χ1n) is 5.30. The molecule has 17 heavy (non-hydrogen) atoms. The van der Waals surface area contributed by atoms with Crippen molar-refractivity contribution in [1.29, 1.82) is 0 Å². The molecule has 0 saturated carbocycles. The third-order valence-corrected chi connectivity index (χ3v) is 3.55. The molecule has 1 amide bonds. The summed E-state index contributed by atoms with van der Waals surface area (Å²) in [5.41, 5.74) is 8.35. The minimum absolute atomic E-state index is 0.112. The molecule has 2 aromatic rings. The standard InChI is InChI=1S/C13H14N2OS/c1-8-3-5-10(6-4-8)15-13(16)12-7-11(14)9(2)17-12/h3-7H,14H2,1-2H3,(H,15,16). The Balaban J connectivity index is 2.14. The van der Waals surface area contributed by atoms with Gasteiger partial charge in [0.2, 0.25) is 0 Å². The Morgan fingerprint density at radius 1 is 1.24 bits per heavy atom. The number of thiophene rings is 1. The van der Waals surface area contributed by atoms with Crippen LogP contribution in [-0.4, -0.2) is 5.91 Å². The minimum Gasteiger partial charge on any atom is -0.398 e. The maximum absolute atomic E-state index is 11.9. The first-order chi connectivity index (χ1) is 8.06. The first kappa shape index (κ1) is 11.7. The molecule has 4 heteroatoms. The molecule has 0 atom stereocenters. The Morgan fingerprint density at radius 2 is 1.88 bits per heavy atom. The molecule has 3 N–H and O–H groups in total. The van der Waals surface area contributed by atoms with Gasteiger partial charge in [0.05, 0.1) is 4.88 Å². The van der Waals surface area contributed by atoms with Crippen molar-refractivity contribution in [3.05, 3.63) is 45.6 Å². The third-order valence-electron chi connectivity index (χ3n) is 2.49. The van der Waals surface area contributed by atoms with Gasteiger partial charge in [0.1, 0.15) is 0 Å². The maximum atomic E-state index is 11.9. The molecular weight excluding hydrogens is 232 g/mol. The maximum Gasteiger partial charge on any atom is 0.265 e. The van der Waals surface area contributed by atoms with Gasteiger partial charge in [0.25, 0.3) is 5.91 Å². The largest absolute Gasteiger partial charge is 0.398 e. The number of aryl methyl sites for hydroxylation is 2. The highest BCUT2D eigenvalue weighted by Gasteiger charge is 2.10. The van der Waals surface area contributed by atoms with Crippen LogP contribution in [0.5, 0.6) is 0 Å². The smallest absolute Gasteiger partial charge is 0.265 e. The molecule has 0 aliphatic heterocycles. The van der Waals surface area contributed by atoms with Gasteiger partial charge in [-0.15, -0.1) is 11.3 Å². The number of carbonyl (C=O) groups is 1. The number of anilines is 2. The van der Waals surface area contributed by atoms with Crippen molar-refractivity contribution in [2.75, 3.05) is 11.1 Å². The van der Waals surface area contributed by atoms with E-state index in [2.05, 4.69) is 5.32 Å². The second-order valence-corrected chi connectivity index (χ2v) is 5.20. The van der Waals surface area contributed by atoms with E-state index in [0.717, 1.165) is 10.6 Å². The predicted molar refractivity (Wildman–Crippen MR) is 72.6 cm³/mol. The van der Waals surface area contributed by atoms with Crippen molar-refractivity contribution in [3.63, 3.8) is 0 Å². The van der Waals surface area contributed by atoms with Gasteiger partial charge in [0.15, 0.2) is 0 Å². The first-order valence-corrected chi connectivity index (χ1v) is 6.12. The van der Waals surface area contributed by atoms with Gasteiger partial charge in [-0.2, -0.15) is 0 Å². The Labute approximate surface area is 104 Å². The van der Waals surface area contributed by atoms with Gasteiger partial charge in [0, 0.05) is 16.3 Å². The van der Waals surface area contributed by atoms with Crippen LogP contribution in [0.4, 0.5) is 11.4 Å². The Bertz CT molecular complexity index is 524. The predicted octanol–water partition coefficient (Wildman–Crippen LogP) is 3.20. The van der Waals surface area contributed by atoms with Crippen molar-refractivity contribution in [2.45, 2.75) is 13.8 Å². The molecule has 0 aliphatic carbocycles. The summed E-state index contributed by atoms with van der Waals surface area (Å²) in [5.74, 6) is -0.112. The molecule has 1 aromatic carbocycles. The second-order valence-electron chi connectivity index (χ2n) is 3.94. The number of rotatable bonds is 2. The highest BCUT2D eigenvalue weighted by Crippen LogP contribution is 2.24.